The van der Waals surface area contributed by atoms with Crippen LogP contribution in [0, 0.1) is 18.6 Å². The van der Waals surface area contributed by atoms with Gasteiger partial charge in [-0.1, -0.05) is 17.7 Å². The van der Waals surface area contributed by atoms with E-state index in [1.165, 1.54) is 16.8 Å². The molecule has 0 bridgehead atoms. The van der Waals surface area contributed by atoms with E-state index in [-0.39, 0.29) is 24.6 Å². The van der Waals surface area contributed by atoms with Crippen molar-refractivity contribution in [1.82, 2.24) is 9.78 Å². The summed E-state index contributed by atoms with van der Waals surface area (Å²) < 4.78 is 39.3. The summed E-state index contributed by atoms with van der Waals surface area (Å²) in [5.41, 5.74) is 1.05. The van der Waals surface area contributed by atoms with Crippen LogP contribution in [0.3, 0.4) is 0 Å². The van der Waals surface area contributed by atoms with Gasteiger partial charge in [0.25, 0.3) is 0 Å². The van der Waals surface area contributed by atoms with Crippen LogP contribution in [0.2, 0.25) is 5.02 Å². The summed E-state index contributed by atoms with van der Waals surface area (Å²) in [6.07, 6.45) is -1.47. The molecule has 146 valence electrons. The van der Waals surface area contributed by atoms with E-state index in [0.717, 1.165) is 12.1 Å². The van der Waals surface area contributed by atoms with Gasteiger partial charge in [0.15, 0.2) is 0 Å². The molecular weight excluding hydrogens is 394 g/mol. The van der Waals surface area contributed by atoms with Gasteiger partial charge in [0, 0.05) is 22.3 Å². The van der Waals surface area contributed by atoms with Crippen LogP contribution in [0.25, 0.3) is 0 Å². The molecule has 3 rings (SSSR count). The molecule has 0 aliphatic carbocycles. The van der Waals surface area contributed by atoms with Gasteiger partial charge < -0.3 is 14.6 Å². The van der Waals surface area contributed by atoms with Crippen molar-refractivity contribution in [2.75, 3.05) is 0 Å². The minimum atomic E-state index is -1.47. The molecule has 0 amide bonds. The third kappa shape index (κ3) is 4.58. The summed E-state index contributed by atoms with van der Waals surface area (Å²) in [4.78, 5) is 10.7. The molecule has 0 fully saturated rings. The summed E-state index contributed by atoms with van der Waals surface area (Å²) in [6, 6.07) is 9.86. The lowest BCUT2D eigenvalue weighted by Gasteiger charge is -2.14. The Hall–Kier alpha value is -3.13. The van der Waals surface area contributed by atoms with Gasteiger partial charge in [-0.3, -0.25) is 4.68 Å². The number of hydrogen-bond acceptors (Lipinski definition) is 4. The van der Waals surface area contributed by atoms with Crippen molar-refractivity contribution in [3.63, 3.8) is 0 Å². The van der Waals surface area contributed by atoms with Gasteiger partial charge in [0.2, 0.25) is 5.88 Å². The molecule has 9 heteroatoms. The first kappa shape index (κ1) is 19.6. The highest BCUT2D eigenvalue weighted by atomic mass is 35.5. The molecule has 3 aromatic rings. The molecular formula is C19H15ClF2N2O4. The predicted octanol–water partition coefficient (Wildman–Crippen LogP) is 4.81. The van der Waals surface area contributed by atoms with Gasteiger partial charge in [0.05, 0.1) is 12.1 Å². The number of aromatic nitrogens is 2. The largest absolute Gasteiger partial charge is 0.512 e. The van der Waals surface area contributed by atoms with Crippen molar-refractivity contribution < 1.29 is 28.2 Å². The Morgan fingerprint density at radius 3 is 2.61 bits per heavy atom. The number of aryl methyl sites for hydroxylation is 1. The van der Waals surface area contributed by atoms with Gasteiger partial charge in [-0.2, -0.15) is 0 Å². The van der Waals surface area contributed by atoms with Crippen LogP contribution in [0.1, 0.15) is 16.8 Å². The fourth-order valence-electron chi connectivity index (χ4n) is 2.57. The van der Waals surface area contributed by atoms with Gasteiger partial charge >= 0.3 is 6.16 Å². The Bertz CT molecular complexity index is 1000. The van der Waals surface area contributed by atoms with Gasteiger partial charge in [-0.25, -0.2) is 13.6 Å². The SMILES string of the molecule is Cc1cc(OC(=O)O)nn1Cc1cc(Cl)ccc1OCc1c(F)cccc1F. The van der Waals surface area contributed by atoms with Crippen LogP contribution < -0.4 is 9.47 Å². The number of rotatable bonds is 6. The second-order valence-electron chi connectivity index (χ2n) is 5.89. The third-order valence-electron chi connectivity index (χ3n) is 3.93. The zero-order valence-corrected chi connectivity index (χ0v) is 15.4. The zero-order chi connectivity index (χ0) is 20.3. The number of hydrogen-bond donors (Lipinski definition) is 1. The maximum atomic E-state index is 13.8. The maximum Gasteiger partial charge on any atom is 0.512 e. The normalized spacial score (nSPS) is 10.7. The second kappa shape index (κ2) is 8.26. The lowest BCUT2D eigenvalue weighted by molar-refractivity contribution is 0.142. The molecule has 0 aliphatic heterocycles. The van der Waals surface area contributed by atoms with E-state index < -0.39 is 17.8 Å². The molecule has 0 spiro atoms. The molecule has 1 heterocycles. The van der Waals surface area contributed by atoms with Crippen molar-refractivity contribution in [2.45, 2.75) is 20.1 Å². The molecule has 0 unspecified atom stereocenters. The molecule has 0 aliphatic rings. The maximum absolute atomic E-state index is 13.8. The van der Waals surface area contributed by atoms with Crippen LogP contribution in [0.4, 0.5) is 13.6 Å². The van der Waals surface area contributed by atoms with Crippen LogP contribution >= 0.6 is 11.6 Å². The molecule has 1 aromatic heterocycles. The topological polar surface area (TPSA) is 73.6 Å². The fraction of sp³-hybridized carbons (Fsp3) is 0.158. The van der Waals surface area contributed by atoms with Crippen molar-refractivity contribution >= 4 is 17.8 Å². The molecule has 2 aromatic carbocycles. The van der Waals surface area contributed by atoms with Crippen LogP contribution in [-0.4, -0.2) is 21.0 Å². The lowest BCUT2D eigenvalue weighted by atomic mass is 10.2. The smallest absolute Gasteiger partial charge is 0.488 e. The number of ether oxygens (including phenoxy) is 2. The lowest BCUT2D eigenvalue weighted by Crippen LogP contribution is -2.08. The quantitative estimate of drug-likeness (QED) is 0.593. The first-order chi connectivity index (χ1) is 13.3. The molecule has 6 nitrogen and oxygen atoms in total. The van der Waals surface area contributed by atoms with Crippen molar-refractivity contribution in [2.24, 2.45) is 0 Å². The average molecular weight is 409 g/mol. The van der Waals surface area contributed by atoms with Crippen molar-refractivity contribution in [3.8, 4) is 11.6 Å². The van der Waals surface area contributed by atoms with E-state index in [2.05, 4.69) is 9.84 Å². The highest BCUT2D eigenvalue weighted by molar-refractivity contribution is 6.30. The first-order valence-corrected chi connectivity index (χ1v) is 8.50. The van der Waals surface area contributed by atoms with Gasteiger partial charge in [0.1, 0.15) is 24.0 Å². The number of carbonyl (C=O) groups is 1. The van der Waals surface area contributed by atoms with Crippen molar-refractivity contribution in [1.29, 1.82) is 0 Å². The number of carboxylic acid groups (broad SMARTS) is 1. The van der Waals surface area contributed by atoms with Crippen LogP contribution in [0.5, 0.6) is 11.6 Å². The molecule has 0 atom stereocenters. The summed E-state index contributed by atoms with van der Waals surface area (Å²) in [7, 11) is 0. The molecule has 0 saturated heterocycles. The summed E-state index contributed by atoms with van der Waals surface area (Å²) in [5.74, 6) is -1.10. The highest BCUT2D eigenvalue weighted by Crippen LogP contribution is 2.26. The van der Waals surface area contributed by atoms with Crippen LogP contribution in [0.15, 0.2) is 42.5 Å². The Labute approximate surface area is 163 Å². The Kier molecular flexibility index (Phi) is 5.79. The van der Waals surface area contributed by atoms with E-state index in [4.69, 9.17) is 21.4 Å². The molecule has 1 N–H and O–H groups in total. The summed E-state index contributed by atoms with van der Waals surface area (Å²) in [5, 5.41) is 13.2. The predicted molar refractivity (Wildman–Crippen MR) is 96.9 cm³/mol. The van der Waals surface area contributed by atoms with E-state index in [9.17, 15) is 13.6 Å². The van der Waals surface area contributed by atoms with E-state index in [1.54, 1.807) is 25.1 Å². The zero-order valence-electron chi connectivity index (χ0n) is 14.7. The third-order valence-corrected chi connectivity index (χ3v) is 4.16. The highest BCUT2D eigenvalue weighted by Gasteiger charge is 2.14. The number of nitrogens with zero attached hydrogens (tertiary/aromatic N) is 2. The first-order valence-electron chi connectivity index (χ1n) is 8.13. The molecule has 28 heavy (non-hydrogen) atoms. The minimum Gasteiger partial charge on any atom is -0.488 e. The Morgan fingerprint density at radius 2 is 1.93 bits per heavy atom. The molecule has 0 radical (unpaired) electrons. The van der Waals surface area contributed by atoms with Gasteiger partial charge in [-0.15, -0.1) is 5.10 Å². The minimum absolute atomic E-state index is 0.0667. The second-order valence-corrected chi connectivity index (χ2v) is 6.33. The standard InChI is InChI=1S/C19H15ClF2N2O4/c1-11-7-18(28-19(25)26)23-24(11)9-12-8-13(20)5-6-17(12)27-10-14-15(21)3-2-4-16(14)22/h2-8H,9-10H2,1H3,(H,25,26). The van der Waals surface area contributed by atoms with E-state index in [0.29, 0.717) is 22.0 Å². The molecule has 0 saturated carbocycles. The van der Waals surface area contributed by atoms with E-state index >= 15 is 0 Å². The average Bonchev–Trinajstić information content (AvgIpc) is 2.94. The fourth-order valence-corrected chi connectivity index (χ4v) is 2.77. The monoisotopic (exact) mass is 408 g/mol. The summed E-state index contributed by atoms with van der Waals surface area (Å²) in [6.45, 7) is 1.60. The number of halogens is 3. The summed E-state index contributed by atoms with van der Waals surface area (Å²) >= 11 is 6.06. The van der Waals surface area contributed by atoms with Crippen molar-refractivity contribution in [3.05, 3.63) is 75.9 Å². The Balaban J connectivity index is 1.83. The Morgan fingerprint density at radius 1 is 1.21 bits per heavy atom. The number of benzene rings is 2. The van der Waals surface area contributed by atoms with E-state index in [1.807, 2.05) is 0 Å². The van der Waals surface area contributed by atoms with Gasteiger partial charge in [-0.05, 0) is 37.3 Å². The van der Waals surface area contributed by atoms with Crippen LogP contribution in [-0.2, 0) is 13.2 Å².